The zero-order valence-corrected chi connectivity index (χ0v) is 7.27. The summed E-state index contributed by atoms with van der Waals surface area (Å²) in [7, 11) is 0. The van der Waals surface area contributed by atoms with Crippen LogP contribution in [0.2, 0.25) is 0 Å². The average molecular weight is 143 g/mol. The van der Waals surface area contributed by atoms with Gasteiger partial charge in [-0.3, -0.25) is 4.79 Å². The van der Waals surface area contributed by atoms with Crippen LogP contribution in [0.5, 0.6) is 0 Å². The van der Waals surface area contributed by atoms with Crippen LogP contribution in [-0.4, -0.2) is 11.8 Å². The van der Waals surface area contributed by atoms with Gasteiger partial charge in [-0.1, -0.05) is 20.8 Å². The minimum absolute atomic E-state index is 0.0786. The molecule has 0 spiro atoms. The van der Waals surface area contributed by atoms with Crippen molar-refractivity contribution in [1.82, 2.24) is 0 Å². The third-order valence-corrected chi connectivity index (χ3v) is 1.35. The van der Waals surface area contributed by atoms with E-state index in [9.17, 15) is 4.79 Å². The zero-order chi connectivity index (χ0) is 8.36. The molecule has 0 bridgehead atoms. The van der Waals surface area contributed by atoms with Crippen molar-refractivity contribution in [3.63, 3.8) is 0 Å². The fourth-order valence-corrected chi connectivity index (χ4v) is 0.803. The van der Waals surface area contributed by atoms with Gasteiger partial charge >= 0.3 is 0 Å². The molecule has 0 aliphatic rings. The van der Waals surface area contributed by atoms with E-state index in [0.717, 1.165) is 6.42 Å². The Kier molecular flexibility index (Phi) is 3.03. The van der Waals surface area contributed by atoms with Crippen LogP contribution in [0.4, 0.5) is 0 Å². The Balaban J connectivity index is 3.80. The Hall–Kier alpha value is -0.370. The Bertz CT molecular complexity index is 124. The van der Waals surface area contributed by atoms with E-state index in [0.29, 0.717) is 0 Å². The summed E-state index contributed by atoms with van der Waals surface area (Å²) in [5.74, 6) is 0.0786. The molecule has 0 unspecified atom stereocenters. The van der Waals surface area contributed by atoms with Gasteiger partial charge in [0.2, 0.25) is 0 Å². The second kappa shape index (κ2) is 3.15. The molecular weight excluding hydrogens is 126 g/mol. The summed E-state index contributed by atoms with van der Waals surface area (Å²) >= 11 is 0. The van der Waals surface area contributed by atoms with E-state index in [1.165, 1.54) is 6.92 Å². The van der Waals surface area contributed by atoms with Crippen molar-refractivity contribution in [2.75, 3.05) is 0 Å². The average Bonchev–Trinajstić information content (AvgIpc) is 1.60. The second-order valence-electron chi connectivity index (χ2n) is 3.98. The predicted octanol–water partition coefficient (Wildman–Crippen LogP) is 1.34. The molecule has 0 aliphatic carbocycles. The number of rotatable bonds is 2. The van der Waals surface area contributed by atoms with Gasteiger partial charge in [0.15, 0.2) is 0 Å². The lowest BCUT2D eigenvalue weighted by molar-refractivity contribution is -0.118. The van der Waals surface area contributed by atoms with Gasteiger partial charge in [0.05, 0.1) is 6.04 Å². The van der Waals surface area contributed by atoms with Gasteiger partial charge < -0.3 is 5.73 Å². The van der Waals surface area contributed by atoms with Crippen LogP contribution in [-0.2, 0) is 4.79 Å². The number of nitrogens with two attached hydrogens (primary N) is 1. The van der Waals surface area contributed by atoms with E-state index >= 15 is 0 Å². The second-order valence-corrected chi connectivity index (χ2v) is 3.98. The highest BCUT2D eigenvalue weighted by Gasteiger charge is 2.17. The summed E-state index contributed by atoms with van der Waals surface area (Å²) in [6.07, 6.45) is 0.766. The van der Waals surface area contributed by atoms with Crippen molar-refractivity contribution in [2.24, 2.45) is 11.1 Å². The molecule has 0 aromatic carbocycles. The molecule has 10 heavy (non-hydrogen) atoms. The van der Waals surface area contributed by atoms with Crippen LogP contribution >= 0.6 is 0 Å². The molecule has 0 aromatic rings. The van der Waals surface area contributed by atoms with Gasteiger partial charge in [-0.05, 0) is 18.8 Å². The van der Waals surface area contributed by atoms with E-state index in [4.69, 9.17) is 5.73 Å². The number of carbonyl (C=O) groups excluding carboxylic acids is 1. The topological polar surface area (TPSA) is 43.1 Å². The van der Waals surface area contributed by atoms with E-state index in [-0.39, 0.29) is 17.2 Å². The van der Waals surface area contributed by atoms with Gasteiger partial charge in [-0.2, -0.15) is 0 Å². The molecule has 0 saturated carbocycles. The lowest BCUT2D eigenvalue weighted by Gasteiger charge is -2.21. The molecule has 0 amide bonds. The van der Waals surface area contributed by atoms with E-state index < -0.39 is 0 Å². The van der Waals surface area contributed by atoms with Crippen LogP contribution in [0, 0.1) is 5.41 Å². The summed E-state index contributed by atoms with van der Waals surface area (Å²) < 4.78 is 0. The lowest BCUT2D eigenvalue weighted by atomic mass is 9.87. The molecule has 0 heterocycles. The Morgan fingerprint density at radius 1 is 1.50 bits per heavy atom. The zero-order valence-electron chi connectivity index (χ0n) is 7.27. The number of hydrogen-bond donors (Lipinski definition) is 1. The normalized spacial score (nSPS) is 14.9. The molecule has 0 rings (SSSR count). The molecule has 0 fully saturated rings. The standard InChI is InChI=1S/C8H17NO/c1-6(10)7(9)5-8(2,3)4/h7H,5,9H2,1-4H3/t7-/m0/s1. The molecule has 2 nitrogen and oxygen atoms in total. The molecule has 0 radical (unpaired) electrons. The summed E-state index contributed by atoms with van der Waals surface area (Å²) in [5.41, 5.74) is 5.71. The Morgan fingerprint density at radius 2 is 1.90 bits per heavy atom. The van der Waals surface area contributed by atoms with Gasteiger partial charge in [-0.15, -0.1) is 0 Å². The highest BCUT2D eigenvalue weighted by molar-refractivity contribution is 5.81. The van der Waals surface area contributed by atoms with Crippen molar-refractivity contribution in [2.45, 2.75) is 40.2 Å². The predicted molar refractivity (Wildman–Crippen MR) is 42.7 cm³/mol. The highest BCUT2D eigenvalue weighted by atomic mass is 16.1. The van der Waals surface area contributed by atoms with Crippen LogP contribution in [0.25, 0.3) is 0 Å². The molecular formula is C8H17NO. The smallest absolute Gasteiger partial charge is 0.146 e. The summed E-state index contributed by atoms with van der Waals surface area (Å²) in [4.78, 5) is 10.7. The van der Waals surface area contributed by atoms with Crippen LogP contribution in [0.15, 0.2) is 0 Å². The van der Waals surface area contributed by atoms with Crippen LogP contribution in [0.1, 0.15) is 34.1 Å². The SMILES string of the molecule is CC(=O)[C@@H](N)CC(C)(C)C. The third-order valence-electron chi connectivity index (χ3n) is 1.35. The number of hydrogen-bond acceptors (Lipinski definition) is 2. The van der Waals surface area contributed by atoms with E-state index in [1.807, 2.05) is 0 Å². The molecule has 1 atom stereocenters. The third kappa shape index (κ3) is 4.50. The van der Waals surface area contributed by atoms with Crippen molar-refractivity contribution in [1.29, 1.82) is 0 Å². The van der Waals surface area contributed by atoms with Gasteiger partial charge in [-0.25, -0.2) is 0 Å². The Morgan fingerprint density at radius 3 is 2.00 bits per heavy atom. The number of carbonyl (C=O) groups is 1. The molecule has 0 aliphatic heterocycles. The van der Waals surface area contributed by atoms with E-state index in [1.54, 1.807) is 0 Å². The minimum atomic E-state index is -0.278. The van der Waals surface area contributed by atoms with Crippen LogP contribution in [0.3, 0.4) is 0 Å². The largest absolute Gasteiger partial charge is 0.322 e. The molecule has 2 heteroatoms. The van der Waals surface area contributed by atoms with Gasteiger partial charge in [0, 0.05) is 0 Å². The molecule has 0 saturated heterocycles. The monoisotopic (exact) mass is 143 g/mol. The van der Waals surface area contributed by atoms with Crippen molar-refractivity contribution < 1.29 is 4.79 Å². The first-order valence-electron chi connectivity index (χ1n) is 3.59. The van der Waals surface area contributed by atoms with Crippen molar-refractivity contribution in [3.8, 4) is 0 Å². The Labute approximate surface area is 62.8 Å². The lowest BCUT2D eigenvalue weighted by Crippen LogP contribution is -2.32. The molecule has 60 valence electrons. The maximum atomic E-state index is 10.7. The van der Waals surface area contributed by atoms with E-state index in [2.05, 4.69) is 20.8 Å². The van der Waals surface area contributed by atoms with Crippen LogP contribution < -0.4 is 5.73 Å². The fraction of sp³-hybridized carbons (Fsp3) is 0.875. The molecule has 0 aromatic heterocycles. The maximum absolute atomic E-state index is 10.7. The highest BCUT2D eigenvalue weighted by Crippen LogP contribution is 2.19. The van der Waals surface area contributed by atoms with Gasteiger partial charge in [0.1, 0.15) is 5.78 Å². The quantitative estimate of drug-likeness (QED) is 0.634. The fourth-order valence-electron chi connectivity index (χ4n) is 0.803. The first-order valence-corrected chi connectivity index (χ1v) is 3.59. The minimum Gasteiger partial charge on any atom is -0.322 e. The molecule has 2 N–H and O–H groups in total. The van der Waals surface area contributed by atoms with Gasteiger partial charge in [0.25, 0.3) is 0 Å². The summed E-state index contributed by atoms with van der Waals surface area (Å²) in [6, 6.07) is -0.278. The summed E-state index contributed by atoms with van der Waals surface area (Å²) in [5, 5.41) is 0. The number of ketones is 1. The first kappa shape index (κ1) is 9.63. The first-order chi connectivity index (χ1) is 4.33. The van der Waals surface area contributed by atoms with Crippen molar-refractivity contribution >= 4 is 5.78 Å². The van der Waals surface area contributed by atoms with Crippen molar-refractivity contribution in [3.05, 3.63) is 0 Å². The number of Topliss-reactive ketones (excluding diaryl/α,β-unsaturated/α-hetero) is 1. The summed E-state index contributed by atoms with van der Waals surface area (Å²) in [6.45, 7) is 7.78. The maximum Gasteiger partial charge on any atom is 0.146 e.